The predicted molar refractivity (Wildman–Crippen MR) is 78.7 cm³/mol. The van der Waals surface area contributed by atoms with Crippen molar-refractivity contribution in [3.63, 3.8) is 0 Å². The van der Waals surface area contributed by atoms with Gasteiger partial charge in [0.25, 0.3) is 0 Å². The first kappa shape index (κ1) is 14.5. The molecule has 1 aromatic heterocycles. The first-order chi connectivity index (χ1) is 9.65. The summed E-state index contributed by atoms with van der Waals surface area (Å²) in [7, 11) is 0. The lowest BCUT2D eigenvalue weighted by Gasteiger charge is -2.07. The van der Waals surface area contributed by atoms with Gasteiger partial charge in [-0.05, 0) is 25.5 Å². The summed E-state index contributed by atoms with van der Waals surface area (Å²) in [6.45, 7) is 5.34. The van der Waals surface area contributed by atoms with E-state index in [2.05, 4.69) is 11.9 Å². The van der Waals surface area contributed by atoms with Crippen LogP contribution < -0.4 is 10.5 Å². The van der Waals surface area contributed by atoms with Crippen molar-refractivity contribution in [3.8, 4) is 5.75 Å². The van der Waals surface area contributed by atoms with E-state index in [-0.39, 0.29) is 5.78 Å². The molecule has 1 aromatic carbocycles. The number of rotatable bonds is 7. The van der Waals surface area contributed by atoms with Crippen LogP contribution >= 0.6 is 0 Å². The van der Waals surface area contributed by atoms with Gasteiger partial charge in [0, 0.05) is 19.0 Å². The molecule has 0 spiro atoms. The fourth-order valence-corrected chi connectivity index (χ4v) is 2.14. The molecule has 1 heterocycles. The number of aromatic nitrogens is 2. The van der Waals surface area contributed by atoms with Crippen LogP contribution in [0.15, 0.2) is 18.2 Å². The maximum absolute atomic E-state index is 11.2. The van der Waals surface area contributed by atoms with Crippen LogP contribution in [0, 0.1) is 0 Å². The van der Waals surface area contributed by atoms with Crippen LogP contribution in [0.5, 0.6) is 5.75 Å². The maximum Gasteiger partial charge on any atom is 0.131 e. The summed E-state index contributed by atoms with van der Waals surface area (Å²) < 4.78 is 7.62. The van der Waals surface area contributed by atoms with Gasteiger partial charge >= 0.3 is 0 Å². The molecule has 20 heavy (non-hydrogen) atoms. The molecule has 0 aliphatic carbocycles. The molecule has 2 aromatic rings. The monoisotopic (exact) mass is 275 g/mol. The highest BCUT2D eigenvalue weighted by atomic mass is 16.5. The number of nitrogens with zero attached hydrogens (tertiary/aromatic N) is 2. The number of ketones is 1. The van der Waals surface area contributed by atoms with Crippen molar-refractivity contribution in [2.45, 2.75) is 39.8 Å². The van der Waals surface area contributed by atoms with Gasteiger partial charge in [0.1, 0.15) is 17.4 Å². The minimum absolute atomic E-state index is 0.165. The molecule has 5 nitrogen and oxygen atoms in total. The Balaban J connectivity index is 2.33. The molecular weight excluding hydrogens is 254 g/mol. The highest BCUT2D eigenvalue weighted by Crippen LogP contribution is 2.22. The average molecular weight is 275 g/mol. The number of aryl methyl sites for hydroxylation is 1. The van der Waals surface area contributed by atoms with Gasteiger partial charge < -0.3 is 15.0 Å². The Morgan fingerprint density at radius 3 is 2.90 bits per heavy atom. The van der Waals surface area contributed by atoms with Crippen molar-refractivity contribution in [2.75, 3.05) is 6.61 Å². The van der Waals surface area contributed by atoms with Gasteiger partial charge in [-0.1, -0.05) is 6.92 Å². The van der Waals surface area contributed by atoms with E-state index in [1.807, 2.05) is 22.8 Å². The van der Waals surface area contributed by atoms with Crippen LogP contribution in [0.3, 0.4) is 0 Å². The number of carbonyl (C=O) groups is 1. The van der Waals surface area contributed by atoms with Crippen LogP contribution in [-0.2, 0) is 17.9 Å². The molecule has 0 fully saturated rings. The molecule has 0 saturated heterocycles. The second-order valence-corrected chi connectivity index (χ2v) is 4.83. The zero-order valence-electron chi connectivity index (χ0n) is 12.1. The molecule has 2 rings (SSSR count). The molecule has 2 N–H and O–H groups in total. The number of Topliss-reactive ketones (excluding diaryl/α,β-unsaturated/α-hetero) is 1. The molecule has 0 radical (unpaired) electrons. The van der Waals surface area contributed by atoms with E-state index >= 15 is 0 Å². The third-order valence-electron chi connectivity index (χ3n) is 3.14. The quantitative estimate of drug-likeness (QED) is 0.841. The van der Waals surface area contributed by atoms with E-state index in [0.717, 1.165) is 29.0 Å². The Morgan fingerprint density at radius 2 is 2.25 bits per heavy atom. The van der Waals surface area contributed by atoms with Gasteiger partial charge in [0.15, 0.2) is 0 Å². The molecule has 5 heteroatoms. The van der Waals surface area contributed by atoms with Crippen LogP contribution in [0.25, 0.3) is 11.0 Å². The first-order valence-electron chi connectivity index (χ1n) is 6.97. The van der Waals surface area contributed by atoms with E-state index in [0.29, 0.717) is 26.1 Å². The molecule has 0 bridgehead atoms. The molecule has 0 amide bonds. The summed E-state index contributed by atoms with van der Waals surface area (Å²) in [5.41, 5.74) is 7.60. The topological polar surface area (TPSA) is 70.1 Å². The lowest BCUT2D eigenvalue weighted by atomic mass is 10.2. The van der Waals surface area contributed by atoms with E-state index in [1.165, 1.54) is 0 Å². The third-order valence-corrected chi connectivity index (χ3v) is 3.14. The van der Waals surface area contributed by atoms with E-state index < -0.39 is 0 Å². The number of ether oxygens (including phenoxy) is 1. The normalized spacial score (nSPS) is 10.9. The third kappa shape index (κ3) is 3.17. The number of imidazole rings is 1. The van der Waals surface area contributed by atoms with Crippen molar-refractivity contribution >= 4 is 16.8 Å². The Hall–Kier alpha value is -1.88. The van der Waals surface area contributed by atoms with Gasteiger partial charge in [0.2, 0.25) is 0 Å². The lowest BCUT2D eigenvalue weighted by molar-refractivity contribution is -0.117. The van der Waals surface area contributed by atoms with Gasteiger partial charge in [0.05, 0.1) is 24.2 Å². The highest BCUT2D eigenvalue weighted by Gasteiger charge is 2.11. The van der Waals surface area contributed by atoms with Gasteiger partial charge in [-0.2, -0.15) is 0 Å². The molecular formula is C15H21N3O2. The Kier molecular flexibility index (Phi) is 4.74. The summed E-state index contributed by atoms with van der Waals surface area (Å²) in [6.07, 6.45) is 1.46. The summed E-state index contributed by atoms with van der Waals surface area (Å²) >= 11 is 0. The molecule has 0 atom stereocenters. The lowest BCUT2D eigenvalue weighted by Crippen LogP contribution is -2.10. The minimum Gasteiger partial charge on any atom is -0.494 e. The number of hydrogen-bond acceptors (Lipinski definition) is 4. The minimum atomic E-state index is 0.165. The summed E-state index contributed by atoms with van der Waals surface area (Å²) in [5, 5.41) is 0. The van der Waals surface area contributed by atoms with Gasteiger partial charge in [-0.3, -0.25) is 4.79 Å². The van der Waals surface area contributed by atoms with Crippen LogP contribution in [0.1, 0.15) is 32.5 Å². The van der Waals surface area contributed by atoms with Gasteiger partial charge in [-0.25, -0.2) is 4.98 Å². The fourth-order valence-electron chi connectivity index (χ4n) is 2.14. The second-order valence-electron chi connectivity index (χ2n) is 4.83. The van der Waals surface area contributed by atoms with Crippen LogP contribution in [-0.4, -0.2) is 21.9 Å². The number of benzene rings is 1. The second kappa shape index (κ2) is 6.52. The van der Waals surface area contributed by atoms with E-state index in [4.69, 9.17) is 10.5 Å². The average Bonchev–Trinajstić information content (AvgIpc) is 2.79. The van der Waals surface area contributed by atoms with Crippen molar-refractivity contribution in [3.05, 3.63) is 24.0 Å². The standard InChI is InChI=1S/C15H21N3O2/c1-3-8-20-12-4-5-14-13(9-12)17-15(10-16)18(14)7-6-11(2)19/h4-5,9H,3,6-8,10,16H2,1-2H3. The van der Waals surface area contributed by atoms with Gasteiger partial charge in [-0.15, -0.1) is 0 Å². The van der Waals surface area contributed by atoms with Crippen LogP contribution in [0.4, 0.5) is 0 Å². The van der Waals surface area contributed by atoms with E-state index in [1.54, 1.807) is 6.92 Å². The SMILES string of the molecule is CCCOc1ccc2c(c1)nc(CN)n2CCC(C)=O. The largest absolute Gasteiger partial charge is 0.494 e. The molecule has 0 aliphatic heterocycles. The fraction of sp³-hybridized carbons (Fsp3) is 0.467. The Morgan fingerprint density at radius 1 is 1.45 bits per heavy atom. The summed E-state index contributed by atoms with van der Waals surface area (Å²) in [4.78, 5) is 15.7. The number of hydrogen-bond donors (Lipinski definition) is 1. The number of fused-ring (bicyclic) bond motifs is 1. The van der Waals surface area contributed by atoms with Crippen molar-refractivity contribution in [1.82, 2.24) is 9.55 Å². The number of nitrogens with two attached hydrogens (primary N) is 1. The molecule has 108 valence electrons. The van der Waals surface area contributed by atoms with Crippen molar-refractivity contribution in [1.29, 1.82) is 0 Å². The summed E-state index contributed by atoms with van der Waals surface area (Å²) in [5.74, 6) is 1.78. The zero-order valence-corrected chi connectivity index (χ0v) is 12.1. The maximum atomic E-state index is 11.2. The van der Waals surface area contributed by atoms with E-state index in [9.17, 15) is 4.79 Å². The molecule has 0 saturated carbocycles. The number of carbonyl (C=O) groups excluding carboxylic acids is 1. The van der Waals surface area contributed by atoms with Crippen molar-refractivity contribution < 1.29 is 9.53 Å². The molecule has 0 unspecified atom stereocenters. The Bertz CT molecular complexity index is 604. The first-order valence-corrected chi connectivity index (χ1v) is 6.97. The smallest absolute Gasteiger partial charge is 0.131 e. The highest BCUT2D eigenvalue weighted by molar-refractivity contribution is 5.79. The predicted octanol–water partition coefficient (Wildman–Crippen LogP) is 2.26. The summed E-state index contributed by atoms with van der Waals surface area (Å²) in [6, 6.07) is 5.84. The molecule has 0 aliphatic rings. The van der Waals surface area contributed by atoms with Crippen molar-refractivity contribution in [2.24, 2.45) is 5.73 Å². The van der Waals surface area contributed by atoms with Crippen LogP contribution in [0.2, 0.25) is 0 Å². The Labute approximate surface area is 118 Å². The zero-order chi connectivity index (χ0) is 14.5.